The van der Waals surface area contributed by atoms with Crippen LogP contribution in [0.5, 0.6) is 0 Å². The zero-order chi connectivity index (χ0) is 22.9. The van der Waals surface area contributed by atoms with Gasteiger partial charge in [-0.1, -0.05) is 49.1 Å². The Morgan fingerprint density at radius 1 is 1.25 bits per heavy atom. The Morgan fingerprint density at radius 3 is 2.66 bits per heavy atom. The van der Waals surface area contributed by atoms with Gasteiger partial charge in [0.25, 0.3) is 5.91 Å². The molecule has 2 heterocycles. The first-order valence-corrected chi connectivity index (χ1v) is 11.2. The summed E-state index contributed by atoms with van der Waals surface area (Å²) in [6.45, 7) is 2.04. The molecule has 1 atom stereocenters. The normalized spacial score (nSPS) is 21.2. The predicted molar refractivity (Wildman–Crippen MR) is 118 cm³/mol. The number of hydrogen-bond acceptors (Lipinski definition) is 5. The summed E-state index contributed by atoms with van der Waals surface area (Å²) in [5, 5.41) is 3.66. The first kappa shape index (κ1) is 22.3. The number of benzene rings is 1. The molecule has 0 bridgehead atoms. The molecule has 2 aromatic rings. The highest BCUT2D eigenvalue weighted by Gasteiger charge is 2.49. The maximum absolute atomic E-state index is 13.7. The van der Waals surface area contributed by atoms with E-state index in [0.717, 1.165) is 25.7 Å². The van der Waals surface area contributed by atoms with E-state index >= 15 is 0 Å². The van der Waals surface area contributed by atoms with Crippen LogP contribution in [0.3, 0.4) is 0 Å². The largest absolute Gasteiger partial charge is 0.464 e. The maximum Gasteiger partial charge on any atom is 0.359 e. The monoisotopic (exact) mass is 458 g/mol. The highest BCUT2D eigenvalue weighted by atomic mass is 35.5. The Hall–Kier alpha value is -2.87. The molecule has 9 heteroatoms. The van der Waals surface area contributed by atoms with Gasteiger partial charge in [0.15, 0.2) is 5.69 Å². The van der Waals surface area contributed by atoms with Crippen molar-refractivity contribution >= 4 is 29.4 Å². The van der Waals surface area contributed by atoms with Crippen LogP contribution in [0, 0.1) is 0 Å². The molecule has 4 rings (SSSR count). The van der Waals surface area contributed by atoms with Crippen LogP contribution >= 0.6 is 11.6 Å². The van der Waals surface area contributed by atoms with Gasteiger partial charge >= 0.3 is 5.97 Å². The first-order valence-electron chi connectivity index (χ1n) is 10.8. The number of rotatable bonds is 5. The van der Waals surface area contributed by atoms with Crippen molar-refractivity contribution in [3.8, 4) is 0 Å². The maximum atomic E-state index is 13.7. The minimum Gasteiger partial charge on any atom is -0.464 e. The Labute approximate surface area is 191 Å². The van der Waals surface area contributed by atoms with E-state index in [0.29, 0.717) is 10.6 Å². The molecule has 0 saturated heterocycles. The van der Waals surface area contributed by atoms with Gasteiger partial charge in [-0.05, 0) is 31.4 Å². The lowest BCUT2D eigenvalue weighted by Crippen LogP contribution is -2.64. The standard InChI is InChI=1S/C23H27ClN4O4/c1-23(22(31)26-16-9-4-3-5-10-16)13-27-14-25-18(21(30)32-2)19(27)20(29)28(23)12-15-8-6-7-11-17(15)24/h6-8,11,14,16H,3-5,9-10,12-13H2,1-2H3,(H,26,31)/t23-/m1/s1. The lowest BCUT2D eigenvalue weighted by atomic mass is 9.91. The minimum atomic E-state index is -1.19. The number of imidazole rings is 1. The topological polar surface area (TPSA) is 93.5 Å². The molecular formula is C23H27ClN4O4. The first-order chi connectivity index (χ1) is 15.3. The number of ether oxygens (including phenoxy) is 1. The van der Waals surface area contributed by atoms with Crippen LogP contribution in [0.25, 0.3) is 0 Å². The van der Waals surface area contributed by atoms with Gasteiger partial charge < -0.3 is 19.5 Å². The fourth-order valence-corrected chi connectivity index (χ4v) is 4.76. The lowest BCUT2D eigenvalue weighted by molar-refractivity contribution is -0.134. The van der Waals surface area contributed by atoms with Crippen LogP contribution in [0.15, 0.2) is 30.6 Å². The van der Waals surface area contributed by atoms with Gasteiger partial charge in [0.2, 0.25) is 5.91 Å². The zero-order valence-electron chi connectivity index (χ0n) is 18.3. The van der Waals surface area contributed by atoms with Crippen molar-refractivity contribution in [3.63, 3.8) is 0 Å². The van der Waals surface area contributed by atoms with Gasteiger partial charge in [-0.3, -0.25) is 9.59 Å². The van der Waals surface area contributed by atoms with Gasteiger partial charge in [0.05, 0.1) is 20.0 Å². The van der Waals surface area contributed by atoms with E-state index < -0.39 is 17.4 Å². The molecule has 32 heavy (non-hydrogen) atoms. The average Bonchev–Trinajstić information content (AvgIpc) is 3.21. The Morgan fingerprint density at radius 2 is 1.97 bits per heavy atom. The van der Waals surface area contributed by atoms with Crippen LogP contribution in [0.2, 0.25) is 5.02 Å². The second-order valence-electron chi connectivity index (χ2n) is 8.63. The van der Waals surface area contributed by atoms with Crippen molar-refractivity contribution < 1.29 is 19.1 Å². The van der Waals surface area contributed by atoms with Crippen LogP contribution in [0.4, 0.5) is 0 Å². The number of fused-ring (bicyclic) bond motifs is 1. The Kier molecular flexibility index (Phi) is 6.24. The number of nitrogens with zero attached hydrogens (tertiary/aromatic N) is 3. The third-order valence-electron chi connectivity index (χ3n) is 6.45. The molecule has 1 aromatic heterocycles. The second kappa shape index (κ2) is 8.94. The molecular weight excluding hydrogens is 432 g/mol. The van der Waals surface area contributed by atoms with Crippen LogP contribution in [0.1, 0.15) is 65.6 Å². The van der Waals surface area contributed by atoms with Crippen LogP contribution < -0.4 is 5.32 Å². The summed E-state index contributed by atoms with van der Waals surface area (Å²) in [5.41, 5.74) is -0.413. The highest BCUT2D eigenvalue weighted by Crippen LogP contribution is 2.32. The lowest BCUT2D eigenvalue weighted by Gasteiger charge is -2.44. The third kappa shape index (κ3) is 3.99. The number of carbonyl (C=O) groups excluding carboxylic acids is 3. The van der Waals surface area contributed by atoms with Crippen molar-refractivity contribution in [2.45, 2.75) is 63.7 Å². The molecule has 1 saturated carbocycles. The van der Waals surface area contributed by atoms with E-state index in [1.54, 1.807) is 17.6 Å². The smallest absolute Gasteiger partial charge is 0.359 e. The molecule has 1 N–H and O–H groups in total. The molecule has 0 unspecified atom stereocenters. The van der Waals surface area contributed by atoms with Crippen LogP contribution in [-0.4, -0.2) is 50.9 Å². The third-order valence-corrected chi connectivity index (χ3v) is 6.82. The Balaban J connectivity index is 1.73. The van der Waals surface area contributed by atoms with Crippen LogP contribution in [-0.2, 0) is 22.6 Å². The number of nitrogens with one attached hydrogen (secondary N) is 1. The summed E-state index contributed by atoms with van der Waals surface area (Å²) in [4.78, 5) is 45.0. The summed E-state index contributed by atoms with van der Waals surface area (Å²) < 4.78 is 6.36. The van der Waals surface area contributed by atoms with E-state index in [-0.39, 0.29) is 36.4 Å². The SMILES string of the molecule is COC(=O)c1ncn2c1C(=O)N(Cc1ccccc1Cl)[C@@](C)(C(=O)NC1CCCCC1)C2. The fourth-order valence-electron chi connectivity index (χ4n) is 4.57. The molecule has 1 fully saturated rings. The number of methoxy groups -OCH3 is 1. The predicted octanol–water partition coefficient (Wildman–Crippen LogP) is 3.19. The number of carbonyl (C=O) groups is 3. The molecule has 2 amide bonds. The quantitative estimate of drug-likeness (QED) is 0.694. The number of esters is 1. The molecule has 2 aliphatic rings. The molecule has 0 radical (unpaired) electrons. The van der Waals surface area contributed by atoms with E-state index in [1.807, 2.05) is 18.2 Å². The molecule has 1 aliphatic heterocycles. The van der Waals surface area contributed by atoms with E-state index in [2.05, 4.69) is 10.3 Å². The molecule has 8 nitrogen and oxygen atoms in total. The number of amides is 2. The number of hydrogen-bond donors (Lipinski definition) is 1. The zero-order valence-corrected chi connectivity index (χ0v) is 19.0. The summed E-state index contributed by atoms with van der Waals surface area (Å²) in [6, 6.07) is 7.31. The van der Waals surface area contributed by atoms with Gasteiger partial charge in [-0.25, -0.2) is 9.78 Å². The second-order valence-corrected chi connectivity index (χ2v) is 9.03. The number of halogens is 1. The van der Waals surface area contributed by atoms with E-state index in [4.69, 9.17) is 16.3 Å². The van der Waals surface area contributed by atoms with Gasteiger partial charge in [0, 0.05) is 17.6 Å². The summed E-state index contributed by atoms with van der Waals surface area (Å²) >= 11 is 6.37. The Bertz CT molecular complexity index is 1050. The summed E-state index contributed by atoms with van der Waals surface area (Å²) in [7, 11) is 1.24. The number of aromatic nitrogens is 2. The molecule has 1 aliphatic carbocycles. The molecule has 170 valence electrons. The van der Waals surface area contributed by atoms with Gasteiger partial charge in [0.1, 0.15) is 11.2 Å². The van der Waals surface area contributed by atoms with Gasteiger partial charge in [-0.2, -0.15) is 0 Å². The fraction of sp³-hybridized carbons (Fsp3) is 0.478. The van der Waals surface area contributed by atoms with Crippen molar-refractivity contribution in [2.24, 2.45) is 0 Å². The highest BCUT2D eigenvalue weighted by molar-refractivity contribution is 6.31. The van der Waals surface area contributed by atoms with Crippen molar-refractivity contribution in [2.75, 3.05) is 7.11 Å². The minimum absolute atomic E-state index is 0.0589. The summed E-state index contributed by atoms with van der Waals surface area (Å²) in [6.07, 6.45) is 6.62. The molecule has 0 spiro atoms. The van der Waals surface area contributed by atoms with E-state index in [1.165, 1.54) is 24.8 Å². The van der Waals surface area contributed by atoms with E-state index in [9.17, 15) is 14.4 Å². The van der Waals surface area contributed by atoms with Crippen molar-refractivity contribution in [1.29, 1.82) is 0 Å². The average molecular weight is 459 g/mol. The summed E-state index contributed by atoms with van der Waals surface area (Å²) in [5.74, 6) is -1.38. The van der Waals surface area contributed by atoms with Crippen molar-refractivity contribution in [1.82, 2.24) is 19.8 Å². The molecule has 1 aromatic carbocycles. The van der Waals surface area contributed by atoms with Gasteiger partial charge in [-0.15, -0.1) is 0 Å². The van der Waals surface area contributed by atoms with Crippen molar-refractivity contribution in [3.05, 3.63) is 52.6 Å².